The van der Waals surface area contributed by atoms with Crippen LogP contribution in [0.2, 0.25) is 0 Å². The van der Waals surface area contributed by atoms with Crippen LogP contribution in [0.1, 0.15) is 31.8 Å². The smallest absolute Gasteiger partial charge is 0.423 e. The molecule has 170 valence electrons. The summed E-state index contributed by atoms with van der Waals surface area (Å²) < 4.78 is 95.1. The molecular formula is C18H10F6N2O6. The van der Waals surface area contributed by atoms with Gasteiger partial charge in [0.05, 0.1) is 25.5 Å². The summed E-state index contributed by atoms with van der Waals surface area (Å²) in [4.78, 5) is 40.1. The molecule has 0 spiro atoms. The Labute approximate surface area is 172 Å². The Morgan fingerprint density at radius 1 is 1.00 bits per heavy atom. The second-order valence-corrected chi connectivity index (χ2v) is 6.20. The number of carbonyl (C=O) groups is 2. The minimum absolute atomic E-state index is 0.371. The van der Waals surface area contributed by atoms with Crippen LogP contribution < -0.4 is 11.2 Å². The molecule has 1 aliphatic heterocycles. The molecule has 0 aromatic heterocycles. The number of nitrogens with zero attached hydrogens (tertiary/aromatic N) is 1. The van der Waals surface area contributed by atoms with E-state index < -0.39 is 80.2 Å². The van der Waals surface area contributed by atoms with E-state index in [-0.39, 0.29) is 0 Å². The SMILES string of the molecule is COC(=O)c1c2nc3c(C(=O)OC)ccc(C(F)(F)F)c3oc-2c(C(F)(F)F)c(=O)c1N. The molecule has 0 bridgehead atoms. The summed E-state index contributed by atoms with van der Waals surface area (Å²) in [6, 6.07) is 1.04. The number of hydrogen-bond acceptors (Lipinski definition) is 8. The Bertz CT molecular complexity index is 1290. The Hall–Kier alpha value is -3.84. The quantitative estimate of drug-likeness (QED) is 0.265. The number of anilines is 1. The predicted molar refractivity (Wildman–Crippen MR) is 94.0 cm³/mol. The third kappa shape index (κ3) is 3.46. The van der Waals surface area contributed by atoms with Gasteiger partial charge in [0.15, 0.2) is 11.3 Å². The van der Waals surface area contributed by atoms with Gasteiger partial charge >= 0.3 is 24.3 Å². The molecule has 0 saturated carbocycles. The first-order valence-corrected chi connectivity index (χ1v) is 8.28. The van der Waals surface area contributed by atoms with Crippen molar-refractivity contribution in [2.75, 3.05) is 20.0 Å². The van der Waals surface area contributed by atoms with Crippen molar-refractivity contribution >= 4 is 28.7 Å². The van der Waals surface area contributed by atoms with Crippen molar-refractivity contribution in [2.24, 2.45) is 0 Å². The fourth-order valence-corrected chi connectivity index (χ4v) is 2.98. The van der Waals surface area contributed by atoms with E-state index in [1.807, 2.05) is 0 Å². The number of nitrogens with two attached hydrogens (primary N) is 1. The number of alkyl halides is 6. The van der Waals surface area contributed by atoms with Crippen LogP contribution in [0.25, 0.3) is 22.6 Å². The van der Waals surface area contributed by atoms with Gasteiger partial charge in [-0.05, 0) is 12.1 Å². The van der Waals surface area contributed by atoms with Gasteiger partial charge in [-0.1, -0.05) is 0 Å². The summed E-state index contributed by atoms with van der Waals surface area (Å²) in [7, 11) is 1.71. The highest BCUT2D eigenvalue weighted by Gasteiger charge is 2.44. The van der Waals surface area contributed by atoms with E-state index in [9.17, 15) is 40.7 Å². The number of ether oxygens (including phenoxy) is 2. The molecular weight excluding hydrogens is 454 g/mol. The third-order valence-corrected chi connectivity index (χ3v) is 4.36. The Kier molecular flexibility index (Phi) is 5.27. The highest BCUT2D eigenvalue weighted by atomic mass is 19.4. The molecule has 1 heterocycles. The van der Waals surface area contributed by atoms with E-state index in [0.717, 1.165) is 14.2 Å². The molecule has 3 rings (SSSR count). The average Bonchev–Trinajstić information content (AvgIpc) is 2.69. The van der Waals surface area contributed by atoms with Gasteiger partial charge in [0.25, 0.3) is 0 Å². The van der Waals surface area contributed by atoms with Crippen molar-refractivity contribution in [1.29, 1.82) is 0 Å². The molecule has 0 amide bonds. The van der Waals surface area contributed by atoms with E-state index >= 15 is 0 Å². The molecule has 0 unspecified atom stereocenters. The maximum Gasteiger partial charge on any atom is 0.423 e. The number of aromatic nitrogens is 1. The van der Waals surface area contributed by atoms with Crippen LogP contribution in [-0.2, 0) is 21.8 Å². The van der Waals surface area contributed by atoms with Gasteiger partial charge in [-0.25, -0.2) is 14.6 Å². The highest BCUT2D eigenvalue weighted by Crippen LogP contribution is 2.43. The van der Waals surface area contributed by atoms with Crippen LogP contribution in [0.3, 0.4) is 0 Å². The number of halogens is 6. The van der Waals surface area contributed by atoms with Gasteiger partial charge < -0.3 is 19.6 Å². The minimum Gasteiger partial charge on any atom is -0.465 e. The number of esters is 2. The first-order valence-electron chi connectivity index (χ1n) is 8.28. The van der Waals surface area contributed by atoms with Gasteiger partial charge in [-0.15, -0.1) is 0 Å². The van der Waals surface area contributed by atoms with Crippen LogP contribution in [-0.4, -0.2) is 31.1 Å². The van der Waals surface area contributed by atoms with Crippen molar-refractivity contribution < 1.29 is 49.8 Å². The van der Waals surface area contributed by atoms with Crippen molar-refractivity contribution in [3.05, 3.63) is 44.6 Å². The normalized spacial score (nSPS) is 12.2. The van der Waals surface area contributed by atoms with Crippen LogP contribution >= 0.6 is 0 Å². The predicted octanol–water partition coefficient (Wildman–Crippen LogP) is 3.49. The summed E-state index contributed by atoms with van der Waals surface area (Å²) in [6.07, 6.45) is -10.6. The highest BCUT2D eigenvalue weighted by molar-refractivity contribution is 6.06. The monoisotopic (exact) mass is 464 g/mol. The molecule has 2 N–H and O–H groups in total. The molecule has 14 heteroatoms. The van der Waals surface area contributed by atoms with Crippen molar-refractivity contribution in [1.82, 2.24) is 4.98 Å². The van der Waals surface area contributed by atoms with Gasteiger partial charge in [0.2, 0.25) is 5.43 Å². The van der Waals surface area contributed by atoms with Gasteiger partial charge in [-0.3, -0.25) is 4.79 Å². The number of fused-ring (bicyclic) bond motifs is 2. The second kappa shape index (κ2) is 7.39. The van der Waals surface area contributed by atoms with E-state index in [0.29, 0.717) is 12.1 Å². The standard InChI is InChI=1S/C18H10F6N2O6/c1-30-15(28)5-3-4-6(17(19,20)21)13-10(5)26-11-7(16(29)31-2)9(25)12(27)8(14(11)32-13)18(22,23)24/h3-4H,25H2,1-2H3. The number of rotatable bonds is 2. The fraction of sp³-hybridized carbons (Fsp3) is 0.222. The molecule has 0 saturated heterocycles. The first kappa shape index (κ1) is 22.8. The van der Waals surface area contributed by atoms with Crippen LogP contribution in [0.15, 0.2) is 21.3 Å². The zero-order valence-electron chi connectivity index (χ0n) is 15.9. The van der Waals surface area contributed by atoms with Crippen LogP contribution in [0.4, 0.5) is 32.0 Å². The fourth-order valence-electron chi connectivity index (χ4n) is 2.98. The van der Waals surface area contributed by atoms with Gasteiger partial charge in [-0.2, -0.15) is 26.3 Å². The average molecular weight is 464 g/mol. The lowest BCUT2D eigenvalue weighted by atomic mass is 9.99. The Balaban J connectivity index is 2.70. The molecule has 0 fully saturated rings. The number of methoxy groups -OCH3 is 2. The number of benzene rings is 2. The molecule has 1 aliphatic carbocycles. The van der Waals surface area contributed by atoms with Crippen molar-refractivity contribution in [3.8, 4) is 11.5 Å². The van der Waals surface area contributed by atoms with Crippen LogP contribution in [0.5, 0.6) is 0 Å². The Morgan fingerprint density at radius 2 is 1.59 bits per heavy atom. The van der Waals surface area contributed by atoms with E-state index in [1.165, 1.54) is 0 Å². The summed E-state index contributed by atoms with van der Waals surface area (Å²) in [5, 5.41) is 0. The van der Waals surface area contributed by atoms with Crippen LogP contribution in [0, 0.1) is 0 Å². The van der Waals surface area contributed by atoms with Gasteiger partial charge in [0, 0.05) is 0 Å². The molecule has 0 radical (unpaired) electrons. The molecule has 2 aliphatic rings. The summed E-state index contributed by atoms with van der Waals surface area (Å²) in [6.45, 7) is 0. The zero-order chi connectivity index (χ0) is 24.2. The lowest BCUT2D eigenvalue weighted by molar-refractivity contribution is -0.138. The number of hydrogen-bond donors (Lipinski definition) is 1. The lowest BCUT2D eigenvalue weighted by Gasteiger charge is -2.19. The first-order chi connectivity index (χ1) is 14.7. The molecule has 1 aromatic rings. The molecule has 8 nitrogen and oxygen atoms in total. The number of carbonyl (C=O) groups excluding carboxylic acids is 2. The maximum absolute atomic E-state index is 13.6. The third-order valence-electron chi connectivity index (χ3n) is 4.36. The minimum atomic E-state index is -5.45. The van der Waals surface area contributed by atoms with E-state index in [2.05, 4.69) is 14.5 Å². The lowest BCUT2D eigenvalue weighted by Crippen LogP contribution is -2.28. The molecule has 0 atom stereocenters. The maximum atomic E-state index is 13.6. The van der Waals surface area contributed by atoms with Crippen molar-refractivity contribution in [3.63, 3.8) is 0 Å². The molecule has 32 heavy (non-hydrogen) atoms. The second-order valence-electron chi connectivity index (χ2n) is 6.20. The van der Waals surface area contributed by atoms with Crippen molar-refractivity contribution in [2.45, 2.75) is 12.4 Å². The summed E-state index contributed by atoms with van der Waals surface area (Å²) in [5.74, 6) is -4.10. The number of nitrogen functional groups attached to an aromatic ring is 1. The van der Waals surface area contributed by atoms with Gasteiger partial charge in [0.1, 0.15) is 27.9 Å². The largest absolute Gasteiger partial charge is 0.465 e. The van der Waals surface area contributed by atoms with E-state index in [4.69, 9.17) is 10.2 Å². The Morgan fingerprint density at radius 3 is 2.09 bits per heavy atom. The topological polar surface area (TPSA) is 122 Å². The summed E-state index contributed by atoms with van der Waals surface area (Å²) in [5.41, 5.74) is -6.18. The zero-order valence-corrected chi connectivity index (χ0v) is 15.9. The van der Waals surface area contributed by atoms with E-state index in [1.54, 1.807) is 0 Å². The molecule has 1 aromatic carbocycles. The summed E-state index contributed by atoms with van der Waals surface area (Å²) >= 11 is 0.